The molecule has 3 nitrogen and oxygen atoms in total. The molecule has 92 valence electrons. The maximum Gasteiger partial charge on any atom is 0.119 e. The highest BCUT2D eigenvalue weighted by Crippen LogP contribution is 2.09. The van der Waals surface area contributed by atoms with Crippen LogP contribution in [0.4, 0.5) is 0 Å². The van der Waals surface area contributed by atoms with Crippen LogP contribution in [0, 0.1) is 5.92 Å². The Morgan fingerprint density at radius 3 is 2.00 bits per heavy atom. The minimum atomic E-state index is -0.560. The Balaban J connectivity index is 0.000000385. The van der Waals surface area contributed by atoms with E-state index in [4.69, 9.17) is 14.9 Å². The van der Waals surface area contributed by atoms with Crippen LogP contribution in [-0.2, 0) is 0 Å². The Bertz CT molecular complexity index is 245. The lowest BCUT2D eigenvalue weighted by Crippen LogP contribution is -2.03. The molecule has 1 atom stereocenters. The van der Waals surface area contributed by atoms with Crippen LogP contribution in [0.25, 0.3) is 0 Å². The van der Waals surface area contributed by atoms with E-state index >= 15 is 0 Å². The van der Waals surface area contributed by atoms with E-state index in [9.17, 15) is 0 Å². The SMILES string of the molecule is CC(C)COc1ccccc1.CC(O)CO. The predicted octanol–water partition coefficient (Wildman–Crippen LogP) is 2.08. The largest absolute Gasteiger partial charge is 0.493 e. The second kappa shape index (κ2) is 9.19. The van der Waals surface area contributed by atoms with Crippen molar-refractivity contribution in [2.75, 3.05) is 13.2 Å². The molecular formula is C13H22O3. The molecule has 1 rings (SSSR count). The van der Waals surface area contributed by atoms with Crippen molar-refractivity contribution in [3.63, 3.8) is 0 Å². The van der Waals surface area contributed by atoms with Gasteiger partial charge in [0.15, 0.2) is 0 Å². The second-order valence-electron chi connectivity index (χ2n) is 4.05. The molecule has 0 spiro atoms. The third-order valence-electron chi connectivity index (χ3n) is 1.59. The molecule has 0 aliphatic heterocycles. The summed E-state index contributed by atoms with van der Waals surface area (Å²) in [4.78, 5) is 0. The number of benzene rings is 1. The topological polar surface area (TPSA) is 49.7 Å². The lowest BCUT2D eigenvalue weighted by atomic mass is 10.2. The number of para-hydroxylation sites is 1. The number of aliphatic hydroxyl groups excluding tert-OH is 2. The summed E-state index contributed by atoms with van der Waals surface area (Å²) < 4.78 is 5.47. The van der Waals surface area contributed by atoms with Crippen molar-refractivity contribution in [3.8, 4) is 5.75 Å². The molecule has 0 aromatic heterocycles. The molecule has 2 N–H and O–H groups in total. The van der Waals surface area contributed by atoms with Gasteiger partial charge in [0.05, 0.1) is 19.3 Å². The first kappa shape index (κ1) is 14.9. The number of hydrogen-bond acceptors (Lipinski definition) is 3. The van der Waals surface area contributed by atoms with Gasteiger partial charge in [0, 0.05) is 0 Å². The van der Waals surface area contributed by atoms with E-state index in [1.807, 2.05) is 30.3 Å². The maximum absolute atomic E-state index is 8.11. The van der Waals surface area contributed by atoms with Gasteiger partial charge in [0.2, 0.25) is 0 Å². The smallest absolute Gasteiger partial charge is 0.119 e. The Labute approximate surface area is 97.7 Å². The van der Waals surface area contributed by atoms with Gasteiger partial charge in [-0.15, -0.1) is 0 Å². The van der Waals surface area contributed by atoms with E-state index in [1.54, 1.807) is 0 Å². The summed E-state index contributed by atoms with van der Waals surface area (Å²) in [5, 5.41) is 16.0. The van der Waals surface area contributed by atoms with Crippen molar-refractivity contribution in [2.24, 2.45) is 5.92 Å². The number of hydrogen-bond donors (Lipinski definition) is 2. The van der Waals surface area contributed by atoms with E-state index < -0.39 is 6.10 Å². The van der Waals surface area contributed by atoms with E-state index in [0.717, 1.165) is 12.4 Å². The molecule has 0 saturated heterocycles. The van der Waals surface area contributed by atoms with Crippen molar-refractivity contribution in [3.05, 3.63) is 30.3 Å². The molecule has 0 aliphatic rings. The van der Waals surface area contributed by atoms with Crippen LogP contribution < -0.4 is 4.74 Å². The first-order valence-corrected chi connectivity index (χ1v) is 5.53. The summed E-state index contributed by atoms with van der Waals surface area (Å²) in [6.45, 7) is 6.47. The molecular weight excluding hydrogens is 204 g/mol. The first-order chi connectivity index (χ1) is 7.56. The molecule has 0 fully saturated rings. The summed E-state index contributed by atoms with van der Waals surface area (Å²) in [6.07, 6.45) is -0.560. The van der Waals surface area contributed by atoms with E-state index in [-0.39, 0.29) is 6.61 Å². The molecule has 0 saturated carbocycles. The number of ether oxygens (including phenoxy) is 1. The molecule has 0 aliphatic carbocycles. The van der Waals surface area contributed by atoms with E-state index in [1.165, 1.54) is 6.92 Å². The third-order valence-corrected chi connectivity index (χ3v) is 1.59. The van der Waals surface area contributed by atoms with Gasteiger partial charge < -0.3 is 14.9 Å². The highest BCUT2D eigenvalue weighted by Gasteiger charge is 1.94. The van der Waals surface area contributed by atoms with Gasteiger partial charge in [-0.3, -0.25) is 0 Å². The van der Waals surface area contributed by atoms with Gasteiger partial charge in [-0.1, -0.05) is 32.0 Å². The molecule has 0 radical (unpaired) electrons. The van der Waals surface area contributed by atoms with Crippen molar-refractivity contribution in [1.29, 1.82) is 0 Å². The zero-order chi connectivity index (χ0) is 12.4. The van der Waals surface area contributed by atoms with Crippen LogP contribution in [-0.4, -0.2) is 29.5 Å². The summed E-state index contributed by atoms with van der Waals surface area (Å²) in [7, 11) is 0. The molecule has 16 heavy (non-hydrogen) atoms. The molecule has 3 heteroatoms. The average molecular weight is 226 g/mol. The lowest BCUT2D eigenvalue weighted by molar-refractivity contribution is 0.110. The molecule has 1 aromatic carbocycles. The zero-order valence-electron chi connectivity index (χ0n) is 10.3. The van der Waals surface area contributed by atoms with E-state index in [0.29, 0.717) is 5.92 Å². The van der Waals surface area contributed by atoms with Crippen molar-refractivity contribution < 1.29 is 14.9 Å². The molecule has 0 amide bonds. The summed E-state index contributed by atoms with van der Waals surface area (Å²) in [6, 6.07) is 9.90. The highest BCUT2D eigenvalue weighted by atomic mass is 16.5. The maximum atomic E-state index is 8.11. The van der Waals surface area contributed by atoms with Crippen LogP contribution in [0.15, 0.2) is 30.3 Å². The van der Waals surface area contributed by atoms with Crippen LogP contribution >= 0.6 is 0 Å². The van der Waals surface area contributed by atoms with Gasteiger partial charge in [0.1, 0.15) is 5.75 Å². The zero-order valence-corrected chi connectivity index (χ0v) is 10.3. The predicted molar refractivity (Wildman–Crippen MR) is 65.5 cm³/mol. The normalized spacial score (nSPS) is 11.6. The Morgan fingerprint density at radius 1 is 1.12 bits per heavy atom. The number of rotatable bonds is 4. The van der Waals surface area contributed by atoms with Crippen molar-refractivity contribution >= 4 is 0 Å². The molecule has 0 bridgehead atoms. The standard InChI is InChI=1S/C10H14O.C3H8O2/c1-9(2)8-11-10-6-4-3-5-7-10;1-3(5)2-4/h3-7,9H,8H2,1-2H3;3-5H,2H2,1H3. The quantitative estimate of drug-likeness (QED) is 0.826. The van der Waals surface area contributed by atoms with Crippen LogP contribution in [0.3, 0.4) is 0 Å². The van der Waals surface area contributed by atoms with E-state index in [2.05, 4.69) is 13.8 Å². The fourth-order valence-corrected chi connectivity index (χ4v) is 0.780. The van der Waals surface area contributed by atoms with Crippen molar-refractivity contribution in [2.45, 2.75) is 26.9 Å². The second-order valence-corrected chi connectivity index (χ2v) is 4.05. The fourth-order valence-electron chi connectivity index (χ4n) is 0.780. The van der Waals surface area contributed by atoms with Gasteiger partial charge in [-0.25, -0.2) is 0 Å². The summed E-state index contributed by atoms with van der Waals surface area (Å²) >= 11 is 0. The van der Waals surface area contributed by atoms with Crippen LogP contribution in [0.5, 0.6) is 5.75 Å². The van der Waals surface area contributed by atoms with Crippen LogP contribution in [0.1, 0.15) is 20.8 Å². The Kier molecular flexibility index (Phi) is 8.58. The molecule has 1 aromatic rings. The third kappa shape index (κ3) is 9.49. The van der Waals surface area contributed by atoms with Gasteiger partial charge in [0.25, 0.3) is 0 Å². The average Bonchev–Trinajstić information content (AvgIpc) is 2.28. The Morgan fingerprint density at radius 2 is 1.62 bits per heavy atom. The van der Waals surface area contributed by atoms with Crippen molar-refractivity contribution in [1.82, 2.24) is 0 Å². The summed E-state index contributed by atoms with van der Waals surface area (Å²) in [5.74, 6) is 1.55. The van der Waals surface area contributed by atoms with Gasteiger partial charge >= 0.3 is 0 Å². The lowest BCUT2D eigenvalue weighted by Gasteiger charge is -2.07. The molecule has 0 heterocycles. The first-order valence-electron chi connectivity index (χ1n) is 5.53. The van der Waals surface area contributed by atoms with Gasteiger partial charge in [-0.2, -0.15) is 0 Å². The Hall–Kier alpha value is -1.06. The van der Waals surface area contributed by atoms with Crippen LogP contribution in [0.2, 0.25) is 0 Å². The minimum Gasteiger partial charge on any atom is -0.493 e. The van der Waals surface area contributed by atoms with Gasteiger partial charge in [-0.05, 0) is 25.0 Å². The summed E-state index contributed by atoms with van der Waals surface area (Å²) in [5.41, 5.74) is 0. The molecule has 1 unspecified atom stereocenters. The monoisotopic (exact) mass is 226 g/mol. The minimum absolute atomic E-state index is 0.139. The number of aliphatic hydroxyl groups is 2. The highest BCUT2D eigenvalue weighted by molar-refractivity contribution is 5.20. The fraction of sp³-hybridized carbons (Fsp3) is 0.538.